The lowest BCUT2D eigenvalue weighted by molar-refractivity contribution is 0.137. The average Bonchev–Trinajstić information content (AvgIpc) is 1.68. The zero-order valence-corrected chi connectivity index (χ0v) is 4.67. The SMILES string of the molecule is C#CCC(O)CCO. The van der Waals surface area contributed by atoms with Crippen LogP contribution < -0.4 is 0 Å². The Morgan fingerprint density at radius 2 is 2.25 bits per heavy atom. The molecule has 2 heteroatoms. The lowest BCUT2D eigenvalue weighted by Gasteiger charge is -2.00. The number of hydrogen-bond donors (Lipinski definition) is 2. The van der Waals surface area contributed by atoms with Crippen molar-refractivity contribution in [2.75, 3.05) is 6.61 Å². The van der Waals surface area contributed by atoms with Crippen LogP contribution in [0, 0.1) is 12.3 Å². The molecule has 0 aromatic carbocycles. The Morgan fingerprint density at radius 1 is 1.62 bits per heavy atom. The van der Waals surface area contributed by atoms with Gasteiger partial charge in [-0.15, -0.1) is 12.3 Å². The van der Waals surface area contributed by atoms with Gasteiger partial charge in [0.1, 0.15) is 0 Å². The van der Waals surface area contributed by atoms with Crippen LogP contribution >= 0.6 is 0 Å². The topological polar surface area (TPSA) is 40.5 Å². The highest BCUT2D eigenvalue weighted by atomic mass is 16.3. The van der Waals surface area contributed by atoms with Crippen molar-refractivity contribution in [2.24, 2.45) is 0 Å². The summed E-state index contributed by atoms with van der Waals surface area (Å²) in [6, 6.07) is 0. The summed E-state index contributed by atoms with van der Waals surface area (Å²) < 4.78 is 0. The van der Waals surface area contributed by atoms with E-state index in [1.54, 1.807) is 0 Å². The average molecular weight is 114 g/mol. The molecule has 1 atom stereocenters. The van der Waals surface area contributed by atoms with E-state index in [0.29, 0.717) is 12.8 Å². The molecule has 0 aliphatic rings. The van der Waals surface area contributed by atoms with Gasteiger partial charge >= 0.3 is 0 Å². The van der Waals surface area contributed by atoms with E-state index in [1.165, 1.54) is 0 Å². The molecule has 8 heavy (non-hydrogen) atoms. The Morgan fingerprint density at radius 3 is 2.62 bits per heavy atom. The summed E-state index contributed by atoms with van der Waals surface area (Å²) in [5.74, 6) is 2.29. The predicted octanol–water partition coefficient (Wildman–Crippen LogP) is -0.247. The molecule has 0 amide bonds. The Hall–Kier alpha value is -0.520. The van der Waals surface area contributed by atoms with Crippen LogP contribution in [0.1, 0.15) is 12.8 Å². The largest absolute Gasteiger partial charge is 0.396 e. The van der Waals surface area contributed by atoms with Crippen LogP contribution in [-0.4, -0.2) is 22.9 Å². The van der Waals surface area contributed by atoms with Gasteiger partial charge in [0.25, 0.3) is 0 Å². The molecule has 1 unspecified atom stereocenters. The maximum atomic E-state index is 8.75. The van der Waals surface area contributed by atoms with E-state index in [4.69, 9.17) is 16.6 Å². The molecule has 0 spiro atoms. The van der Waals surface area contributed by atoms with Crippen molar-refractivity contribution in [1.82, 2.24) is 0 Å². The fraction of sp³-hybridized carbons (Fsp3) is 0.667. The van der Waals surface area contributed by atoms with E-state index < -0.39 is 6.10 Å². The maximum Gasteiger partial charge on any atom is 0.0671 e. The third kappa shape index (κ3) is 3.66. The van der Waals surface area contributed by atoms with Gasteiger partial charge in [-0.1, -0.05) is 0 Å². The quantitative estimate of drug-likeness (QED) is 0.497. The highest BCUT2D eigenvalue weighted by Crippen LogP contribution is 1.93. The highest BCUT2D eigenvalue weighted by molar-refractivity contribution is 4.86. The number of rotatable bonds is 3. The van der Waals surface area contributed by atoms with Crippen molar-refractivity contribution in [3.8, 4) is 12.3 Å². The van der Waals surface area contributed by atoms with Crippen molar-refractivity contribution in [3.63, 3.8) is 0 Å². The van der Waals surface area contributed by atoms with Crippen LogP contribution in [0.15, 0.2) is 0 Å². The fourth-order valence-electron chi connectivity index (χ4n) is 0.387. The second-order valence-electron chi connectivity index (χ2n) is 1.57. The summed E-state index contributed by atoms with van der Waals surface area (Å²) in [7, 11) is 0. The minimum Gasteiger partial charge on any atom is -0.396 e. The molecule has 0 saturated heterocycles. The number of terminal acetylenes is 1. The Bertz CT molecular complexity index is 83.0. The summed E-state index contributed by atoms with van der Waals surface area (Å²) in [5, 5.41) is 17.0. The summed E-state index contributed by atoms with van der Waals surface area (Å²) in [6.45, 7) is 0.00282. The van der Waals surface area contributed by atoms with Crippen molar-refractivity contribution < 1.29 is 10.2 Å². The smallest absolute Gasteiger partial charge is 0.0671 e. The number of hydrogen-bond acceptors (Lipinski definition) is 2. The van der Waals surface area contributed by atoms with Gasteiger partial charge in [0.2, 0.25) is 0 Å². The molecule has 0 aliphatic carbocycles. The predicted molar refractivity (Wildman–Crippen MR) is 31.2 cm³/mol. The Labute approximate surface area is 49.2 Å². The lowest BCUT2D eigenvalue weighted by atomic mass is 10.2. The minimum atomic E-state index is -0.523. The molecule has 0 rings (SSSR count). The molecule has 0 bridgehead atoms. The monoisotopic (exact) mass is 114 g/mol. The van der Waals surface area contributed by atoms with E-state index in [-0.39, 0.29) is 6.61 Å². The van der Waals surface area contributed by atoms with Gasteiger partial charge in [-0.25, -0.2) is 0 Å². The lowest BCUT2D eigenvalue weighted by Crippen LogP contribution is -2.06. The Kier molecular flexibility index (Phi) is 4.33. The first kappa shape index (κ1) is 7.48. The molecule has 0 fully saturated rings. The van der Waals surface area contributed by atoms with Crippen LogP contribution in [0.5, 0.6) is 0 Å². The molecule has 0 radical (unpaired) electrons. The van der Waals surface area contributed by atoms with E-state index in [1.807, 2.05) is 0 Å². The minimum absolute atomic E-state index is 0.00282. The van der Waals surface area contributed by atoms with Gasteiger partial charge in [0.05, 0.1) is 6.10 Å². The molecule has 0 heterocycles. The van der Waals surface area contributed by atoms with Crippen LogP contribution in [-0.2, 0) is 0 Å². The van der Waals surface area contributed by atoms with Gasteiger partial charge in [-0.2, -0.15) is 0 Å². The van der Waals surface area contributed by atoms with Gasteiger partial charge in [-0.3, -0.25) is 0 Å². The molecular formula is C6H10O2. The Balaban J connectivity index is 3.08. The van der Waals surface area contributed by atoms with Crippen LogP contribution in [0.25, 0.3) is 0 Å². The van der Waals surface area contributed by atoms with Gasteiger partial charge in [0.15, 0.2) is 0 Å². The van der Waals surface area contributed by atoms with Crippen molar-refractivity contribution in [3.05, 3.63) is 0 Å². The van der Waals surface area contributed by atoms with Crippen LogP contribution in [0.2, 0.25) is 0 Å². The van der Waals surface area contributed by atoms with Gasteiger partial charge in [-0.05, 0) is 6.42 Å². The number of aliphatic hydroxyl groups is 2. The van der Waals surface area contributed by atoms with Crippen LogP contribution in [0.4, 0.5) is 0 Å². The standard InChI is InChI=1S/C6H10O2/c1-2-3-6(8)4-5-7/h1,6-8H,3-5H2. The fourth-order valence-corrected chi connectivity index (χ4v) is 0.387. The van der Waals surface area contributed by atoms with Gasteiger partial charge < -0.3 is 10.2 Å². The molecule has 0 saturated carbocycles. The van der Waals surface area contributed by atoms with Crippen molar-refractivity contribution >= 4 is 0 Å². The second kappa shape index (κ2) is 4.63. The summed E-state index contributed by atoms with van der Waals surface area (Å²) >= 11 is 0. The molecule has 46 valence electrons. The molecule has 0 aromatic heterocycles. The maximum absolute atomic E-state index is 8.75. The van der Waals surface area contributed by atoms with E-state index in [0.717, 1.165) is 0 Å². The van der Waals surface area contributed by atoms with E-state index in [9.17, 15) is 0 Å². The zero-order valence-electron chi connectivity index (χ0n) is 4.67. The van der Waals surface area contributed by atoms with Crippen molar-refractivity contribution in [1.29, 1.82) is 0 Å². The zero-order chi connectivity index (χ0) is 6.41. The normalized spacial score (nSPS) is 12.6. The van der Waals surface area contributed by atoms with Crippen LogP contribution in [0.3, 0.4) is 0 Å². The third-order valence-electron chi connectivity index (χ3n) is 0.816. The molecule has 2 N–H and O–H groups in total. The first-order chi connectivity index (χ1) is 3.81. The summed E-state index contributed by atoms with van der Waals surface area (Å²) in [4.78, 5) is 0. The van der Waals surface area contributed by atoms with Gasteiger partial charge in [0, 0.05) is 13.0 Å². The second-order valence-corrected chi connectivity index (χ2v) is 1.57. The van der Waals surface area contributed by atoms with E-state index in [2.05, 4.69) is 5.92 Å². The first-order valence-electron chi connectivity index (χ1n) is 2.53. The number of aliphatic hydroxyl groups excluding tert-OH is 2. The van der Waals surface area contributed by atoms with E-state index >= 15 is 0 Å². The molecular weight excluding hydrogens is 104 g/mol. The first-order valence-corrected chi connectivity index (χ1v) is 2.53. The van der Waals surface area contributed by atoms with Crippen molar-refractivity contribution in [2.45, 2.75) is 18.9 Å². The molecule has 0 aromatic rings. The third-order valence-corrected chi connectivity index (χ3v) is 0.816. The highest BCUT2D eigenvalue weighted by Gasteiger charge is 1.97. The molecule has 2 nitrogen and oxygen atoms in total. The molecule has 0 aliphatic heterocycles. The summed E-state index contributed by atoms with van der Waals surface area (Å²) in [5.41, 5.74) is 0. The summed E-state index contributed by atoms with van der Waals surface area (Å²) in [6.07, 6.45) is 5.06.